The highest BCUT2D eigenvalue weighted by Crippen LogP contribution is 2.39. The van der Waals surface area contributed by atoms with Crippen LogP contribution < -0.4 is 5.32 Å². The Hall–Kier alpha value is -2.43. The first kappa shape index (κ1) is 18.9. The number of aryl methyl sites for hydroxylation is 1. The summed E-state index contributed by atoms with van der Waals surface area (Å²) >= 11 is 7.60. The van der Waals surface area contributed by atoms with Crippen LogP contribution in [0.1, 0.15) is 44.8 Å². The number of aliphatic imine (C=N–C) groups is 1. The number of nitrogens with one attached hydrogen (secondary N) is 1. The van der Waals surface area contributed by atoms with E-state index in [0.717, 1.165) is 41.0 Å². The molecule has 4 rings (SSSR count). The van der Waals surface area contributed by atoms with Crippen LogP contribution in [0.3, 0.4) is 0 Å². The van der Waals surface area contributed by atoms with Crippen LogP contribution in [0.4, 0.5) is 5.00 Å². The zero-order valence-corrected chi connectivity index (χ0v) is 17.0. The number of carbonyl (C=O) groups excluding carboxylic acids is 1. The van der Waals surface area contributed by atoms with Crippen LogP contribution in [0.5, 0.6) is 0 Å². The number of fused-ring (bicyclic) bond motifs is 1. The van der Waals surface area contributed by atoms with Crippen LogP contribution in [0, 0.1) is 0 Å². The highest BCUT2D eigenvalue weighted by Gasteiger charge is 2.25. The monoisotopic (exact) mass is 408 g/mol. The Morgan fingerprint density at radius 3 is 2.61 bits per heavy atom. The molecule has 0 bridgehead atoms. The van der Waals surface area contributed by atoms with E-state index in [4.69, 9.17) is 11.6 Å². The van der Waals surface area contributed by atoms with Gasteiger partial charge in [-0.1, -0.05) is 54.1 Å². The van der Waals surface area contributed by atoms with Crippen molar-refractivity contribution >= 4 is 40.1 Å². The predicted octanol–water partition coefficient (Wildman–Crippen LogP) is 5.96. The molecule has 1 aliphatic carbocycles. The van der Waals surface area contributed by atoms with Gasteiger partial charge in [-0.2, -0.15) is 0 Å². The van der Waals surface area contributed by atoms with Crippen molar-refractivity contribution in [3.63, 3.8) is 0 Å². The zero-order chi connectivity index (χ0) is 19.3. The van der Waals surface area contributed by atoms with Gasteiger partial charge in [0.1, 0.15) is 5.00 Å². The zero-order valence-electron chi connectivity index (χ0n) is 15.5. The Bertz CT molecular complexity index is 993. The number of nitrogens with zero attached hydrogens (tertiary/aromatic N) is 1. The van der Waals surface area contributed by atoms with Crippen LogP contribution in [0.25, 0.3) is 0 Å². The first-order valence-electron chi connectivity index (χ1n) is 9.47. The lowest BCUT2D eigenvalue weighted by Crippen LogP contribution is -2.24. The molecule has 3 nitrogen and oxygen atoms in total. The molecule has 142 valence electrons. The predicted molar refractivity (Wildman–Crippen MR) is 117 cm³/mol. The molecule has 0 aliphatic heterocycles. The topological polar surface area (TPSA) is 41.5 Å². The maximum atomic E-state index is 13.0. The first-order valence-corrected chi connectivity index (χ1v) is 10.7. The molecule has 1 aliphatic rings. The van der Waals surface area contributed by atoms with Crippen molar-refractivity contribution < 1.29 is 4.79 Å². The Morgan fingerprint density at radius 2 is 1.82 bits per heavy atom. The second-order valence-corrected chi connectivity index (χ2v) is 8.39. The molecule has 1 amide bonds. The number of hydrogen-bond donors (Lipinski definition) is 1. The van der Waals surface area contributed by atoms with Crippen molar-refractivity contribution in [3.05, 3.63) is 86.8 Å². The van der Waals surface area contributed by atoms with Gasteiger partial charge in [0.25, 0.3) is 5.91 Å². The van der Waals surface area contributed by atoms with Crippen LogP contribution >= 0.6 is 22.9 Å². The van der Waals surface area contributed by atoms with E-state index in [1.165, 1.54) is 16.9 Å². The first-order chi connectivity index (χ1) is 13.7. The van der Waals surface area contributed by atoms with Gasteiger partial charge in [0, 0.05) is 22.7 Å². The van der Waals surface area contributed by atoms with Crippen molar-refractivity contribution in [2.45, 2.75) is 32.2 Å². The molecule has 0 radical (unpaired) electrons. The summed E-state index contributed by atoms with van der Waals surface area (Å²) in [7, 11) is 0. The highest BCUT2D eigenvalue weighted by molar-refractivity contribution is 7.16. The van der Waals surface area contributed by atoms with E-state index in [9.17, 15) is 4.79 Å². The Kier molecular flexibility index (Phi) is 5.89. The largest absolute Gasteiger partial charge is 0.348 e. The number of amides is 1. The SMILES string of the molecule is O=C(NCc1ccccc1)c1c(N=Cc2ccc(Cl)cc2)sc2c1CCCC2. The summed E-state index contributed by atoms with van der Waals surface area (Å²) in [6.45, 7) is 0.518. The Morgan fingerprint density at radius 1 is 1.07 bits per heavy atom. The van der Waals surface area contributed by atoms with Crippen LogP contribution in [0.2, 0.25) is 5.02 Å². The lowest BCUT2D eigenvalue weighted by atomic mass is 9.95. The van der Waals surface area contributed by atoms with Crippen LogP contribution in [0.15, 0.2) is 59.6 Å². The molecule has 1 heterocycles. The molecule has 5 heteroatoms. The number of benzene rings is 2. The molecular weight excluding hydrogens is 388 g/mol. The second-order valence-electron chi connectivity index (χ2n) is 6.87. The van der Waals surface area contributed by atoms with Crippen molar-refractivity contribution in [3.8, 4) is 0 Å². The van der Waals surface area contributed by atoms with Crippen LogP contribution in [-0.2, 0) is 19.4 Å². The molecule has 1 aromatic heterocycles. The van der Waals surface area contributed by atoms with Gasteiger partial charge in [-0.3, -0.25) is 4.79 Å². The maximum absolute atomic E-state index is 13.0. The molecule has 1 N–H and O–H groups in total. The van der Waals surface area contributed by atoms with E-state index in [0.29, 0.717) is 11.6 Å². The van der Waals surface area contributed by atoms with E-state index in [1.54, 1.807) is 11.3 Å². The smallest absolute Gasteiger partial charge is 0.254 e. The molecule has 0 atom stereocenters. The van der Waals surface area contributed by atoms with Gasteiger partial charge in [-0.25, -0.2) is 4.99 Å². The van der Waals surface area contributed by atoms with E-state index in [2.05, 4.69) is 10.3 Å². The average molecular weight is 409 g/mol. The minimum atomic E-state index is -0.0356. The standard InChI is InChI=1S/C23H21ClN2OS/c24-18-12-10-17(11-13-18)15-26-23-21(19-8-4-5-9-20(19)28-23)22(27)25-14-16-6-2-1-3-7-16/h1-3,6-7,10-13,15H,4-5,8-9,14H2,(H,25,27). The molecule has 2 aromatic carbocycles. The van der Waals surface area contributed by atoms with Gasteiger partial charge >= 0.3 is 0 Å². The molecule has 28 heavy (non-hydrogen) atoms. The normalized spacial score (nSPS) is 13.5. The van der Waals surface area contributed by atoms with Gasteiger partial charge in [0.2, 0.25) is 0 Å². The third-order valence-electron chi connectivity index (χ3n) is 4.88. The summed E-state index contributed by atoms with van der Waals surface area (Å²) in [5, 5.41) is 4.57. The van der Waals surface area contributed by atoms with Gasteiger partial charge in [-0.05, 0) is 54.5 Å². The summed E-state index contributed by atoms with van der Waals surface area (Å²) in [6.07, 6.45) is 6.11. The minimum Gasteiger partial charge on any atom is -0.348 e. The molecule has 0 saturated carbocycles. The quantitative estimate of drug-likeness (QED) is 0.520. The number of carbonyl (C=O) groups is 1. The fourth-order valence-corrected chi connectivity index (χ4v) is 4.78. The van der Waals surface area contributed by atoms with E-state index < -0.39 is 0 Å². The fraction of sp³-hybridized carbons (Fsp3) is 0.217. The minimum absolute atomic E-state index is 0.0356. The van der Waals surface area contributed by atoms with E-state index in [1.807, 2.05) is 60.8 Å². The van der Waals surface area contributed by atoms with E-state index >= 15 is 0 Å². The van der Waals surface area contributed by atoms with Crippen molar-refractivity contribution in [1.29, 1.82) is 0 Å². The van der Waals surface area contributed by atoms with Gasteiger partial charge < -0.3 is 5.32 Å². The van der Waals surface area contributed by atoms with Crippen LogP contribution in [-0.4, -0.2) is 12.1 Å². The van der Waals surface area contributed by atoms with Gasteiger partial charge in [0.05, 0.1) is 5.56 Å². The maximum Gasteiger partial charge on any atom is 0.254 e. The highest BCUT2D eigenvalue weighted by atomic mass is 35.5. The Balaban J connectivity index is 1.60. The van der Waals surface area contributed by atoms with Crippen molar-refractivity contribution in [1.82, 2.24) is 5.32 Å². The summed E-state index contributed by atoms with van der Waals surface area (Å²) in [4.78, 5) is 19.0. The summed E-state index contributed by atoms with van der Waals surface area (Å²) in [6, 6.07) is 17.5. The van der Waals surface area contributed by atoms with E-state index in [-0.39, 0.29) is 5.91 Å². The number of thiophene rings is 1. The summed E-state index contributed by atoms with van der Waals surface area (Å²) < 4.78 is 0. The van der Waals surface area contributed by atoms with Gasteiger partial charge in [-0.15, -0.1) is 11.3 Å². The molecule has 0 spiro atoms. The lowest BCUT2D eigenvalue weighted by Gasteiger charge is -2.12. The number of halogens is 1. The summed E-state index contributed by atoms with van der Waals surface area (Å²) in [5.41, 5.74) is 3.99. The third-order valence-corrected chi connectivity index (χ3v) is 6.33. The van der Waals surface area contributed by atoms with Gasteiger partial charge in [0.15, 0.2) is 0 Å². The second kappa shape index (κ2) is 8.72. The van der Waals surface area contributed by atoms with Crippen molar-refractivity contribution in [2.24, 2.45) is 4.99 Å². The molecule has 0 unspecified atom stereocenters. The third kappa shape index (κ3) is 4.34. The molecule has 3 aromatic rings. The Labute approximate surface area is 174 Å². The average Bonchev–Trinajstić information content (AvgIpc) is 3.11. The molecular formula is C23H21ClN2OS. The summed E-state index contributed by atoms with van der Waals surface area (Å²) in [5.74, 6) is -0.0356. The lowest BCUT2D eigenvalue weighted by molar-refractivity contribution is 0.0951. The number of rotatable bonds is 5. The molecule has 0 saturated heterocycles. The number of hydrogen-bond acceptors (Lipinski definition) is 3. The van der Waals surface area contributed by atoms with Crippen molar-refractivity contribution in [2.75, 3.05) is 0 Å². The molecule has 0 fully saturated rings. The fourth-order valence-electron chi connectivity index (χ4n) is 3.43.